The van der Waals surface area contributed by atoms with E-state index in [1.165, 1.54) is 0 Å². The van der Waals surface area contributed by atoms with E-state index >= 15 is 0 Å². The molecule has 1 N–H and O–H groups in total. The average molecular weight is 214 g/mol. The van der Waals surface area contributed by atoms with E-state index in [9.17, 15) is 13.6 Å². The molecule has 0 aromatic heterocycles. The lowest BCUT2D eigenvalue weighted by molar-refractivity contribution is -0.138. The van der Waals surface area contributed by atoms with Gasteiger partial charge in [-0.2, -0.15) is 0 Å². The van der Waals surface area contributed by atoms with Gasteiger partial charge in [-0.1, -0.05) is 13.8 Å². The first-order valence-electron chi connectivity index (χ1n) is 4.49. The van der Waals surface area contributed by atoms with Crippen LogP contribution in [0.2, 0.25) is 0 Å². The van der Waals surface area contributed by atoms with Crippen molar-refractivity contribution in [1.29, 1.82) is 0 Å². The second-order valence-corrected chi connectivity index (χ2v) is 4.11. The molecule has 2 nitrogen and oxygen atoms in total. The van der Waals surface area contributed by atoms with Crippen LogP contribution in [0.5, 0.6) is 0 Å². The number of benzene rings is 1. The Labute approximate surface area is 86.5 Å². The molecule has 0 aliphatic rings. The zero-order valence-corrected chi connectivity index (χ0v) is 8.55. The molecule has 0 aliphatic heterocycles. The first kappa shape index (κ1) is 11.6. The van der Waals surface area contributed by atoms with Gasteiger partial charge in [0, 0.05) is 11.5 Å². The van der Waals surface area contributed by atoms with Crippen LogP contribution in [0.3, 0.4) is 0 Å². The zero-order valence-electron chi connectivity index (χ0n) is 8.55. The van der Waals surface area contributed by atoms with Crippen molar-refractivity contribution in [2.24, 2.45) is 0 Å². The fraction of sp³-hybridized carbons (Fsp3) is 0.364. The van der Waals surface area contributed by atoms with Crippen LogP contribution in [-0.4, -0.2) is 11.1 Å². The molecule has 0 atom stereocenters. The van der Waals surface area contributed by atoms with Crippen LogP contribution in [-0.2, 0) is 10.2 Å². The molecule has 82 valence electrons. The third-order valence-electron chi connectivity index (χ3n) is 2.24. The summed E-state index contributed by atoms with van der Waals surface area (Å²) >= 11 is 0. The van der Waals surface area contributed by atoms with Gasteiger partial charge in [-0.05, 0) is 17.7 Å². The number of carboxylic acid groups (broad SMARTS) is 1. The molecule has 1 rings (SSSR count). The van der Waals surface area contributed by atoms with Gasteiger partial charge in [-0.25, -0.2) is 8.78 Å². The molecular formula is C11H12F2O2. The van der Waals surface area contributed by atoms with Gasteiger partial charge < -0.3 is 5.11 Å². The summed E-state index contributed by atoms with van der Waals surface area (Å²) in [5, 5.41) is 8.66. The Balaban J connectivity index is 3.08. The van der Waals surface area contributed by atoms with Gasteiger partial charge in [0.2, 0.25) is 0 Å². The van der Waals surface area contributed by atoms with E-state index in [2.05, 4.69) is 0 Å². The van der Waals surface area contributed by atoms with Crippen LogP contribution in [0.25, 0.3) is 0 Å². The SMILES string of the molecule is CC(C)(CC(=O)O)c1cc(F)cc(F)c1. The summed E-state index contributed by atoms with van der Waals surface area (Å²) in [7, 11) is 0. The Bertz CT molecular complexity index is 366. The molecule has 1 aromatic rings. The summed E-state index contributed by atoms with van der Waals surface area (Å²) in [6.07, 6.45) is -0.171. The lowest BCUT2D eigenvalue weighted by Gasteiger charge is -2.23. The van der Waals surface area contributed by atoms with E-state index in [0.29, 0.717) is 5.56 Å². The van der Waals surface area contributed by atoms with Crippen LogP contribution in [0.1, 0.15) is 25.8 Å². The summed E-state index contributed by atoms with van der Waals surface area (Å²) in [4.78, 5) is 10.6. The van der Waals surface area contributed by atoms with Crippen molar-refractivity contribution < 1.29 is 18.7 Å². The third kappa shape index (κ3) is 3.01. The molecule has 0 aliphatic carbocycles. The van der Waals surface area contributed by atoms with Crippen molar-refractivity contribution in [3.05, 3.63) is 35.4 Å². The number of carboxylic acids is 1. The maximum Gasteiger partial charge on any atom is 0.304 e. The highest BCUT2D eigenvalue weighted by atomic mass is 19.1. The highest BCUT2D eigenvalue weighted by molar-refractivity contribution is 5.68. The van der Waals surface area contributed by atoms with E-state index in [-0.39, 0.29) is 6.42 Å². The van der Waals surface area contributed by atoms with Crippen LogP contribution in [0.4, 0.5) is 8.78 Å². The molecule has 0 amide bonds. The summed E-state index contributed by atoms with van der Waals surface area (Å²) in [6, 6.07) is 3.08. The minimum absolute atomic E-state index is 0.171. The molecule has 0 unspecified atom stereocenters. The fourth-order valence-electron chi connectivity index (χ4n) is 1.42. The largest absolute Gasteiger partial charge is 0.481 e. The van der Waals surface area contributed by atoms with Crippen molar-refractivity contribution in [3.8, 4) is 0 Å². The van der Waals surface area contributed by atoms with E-state index < -0.39 is 23.0 Å². The normalized spacial score (nSPS) is 11.5. The molecule has 0 bridgehead atoms. The monoisotopic (exact) mass is 214 g/mol. The maximum atomic E-state index is 12.9. The Hall–Kier alpha value is -1.45. The Kier molecular flexibility index (Phi) is 3.07. The Morgan fingerprint density at radius 2 is 1.73 bits per heavy atom. The average Bonchev–Trinajstić information content (AvgIpc) is 1.99. The van der Waals surface area contributed by atoms with Gasteiger partial charge in [-0.3, -0.25) is 4.79 Å². The van der Waals surface area contributed by atoms with Crippen molar-refractivity contribution in [2.45, 2.75) is 25.7 Å². The molecule has 1 aromatic carbocycles. The van der Waals surface area contributed by atoms with Crippen molar-refractivity contribution >= 4 is 5.97 Å². The van der Waals surface area contributed by atoms with Gasteiger partial charge in [0.05, 0.1) is 6.42 Å². The van der Waals surface area contributed by atoms with Crippen molar-refractivity contribution in [1.82, 2.24) is 0 Å². The molecule has 0 fully saturated rings. The molecule has 0 heterocycles. The number of hydrogen-bond acceptors (Lipinski definition) is 1. The number of rotatable bonds is 3. The molecular weight excluding hydrogens is 202 g/mol. The lowest BCUT2D eigenvalue weighted by atomic mass is 9.81. The lowest BCUT2D eigenvalue weighted by Crippen LogP contribution is -2.22. The predicted molar refractivity (Wildman–Crippen MR) is 51.6 cm³/mol. The molecule has 0 spiro atoms. The fourth-order valence-corrected chi connectivity index (χ4v) is 1.42. The van der Waals surface area contributed by atoms with Gasteiger partial charge >= 0.3 is 5.97 Å². The van der Waals surface area contributed by atoms with Gasteiger partial charge in [0.25, 0.3) is 0 Å². The quantitative estimate of drug-likeness (QED) is 0.839. The smallest absolute Gasteiger partial charge is 0.304 e. The second-order valence-electron chi connectivity index (χ2n) is 4.11. The topological polar surface area (TPSA) is 37.3 Å². The highest BCUT2D eigenvalue weighted by Gasteiger charge is 2.25. The summed E-state index contributed by atoms with van der Waals surface area (Å²) < 4.78 is 25.8. The zero-order chi connectivity index (χ0) is 11.6. The first-order valence-corrected chi connectivity index (χ1v) is 4.49. The molecule has 15 heavy (non-hydrogen) atoms. The van der Waals surface area contributed by atoms with E-state index in [0.717, 1.165) is 18.2 Å². The van der Waals surface area contributed by atoms with Crippen molar-refractivity contribution in [3.63, 3.8) is 0 Å². The second kappa shape index (κ2) is 3.96. The van der Waals surface area contributed by atoms with Crippen molar-refractivity contribution in [2.75, 3.05) is 0 Å². The molecule has 0 saturated heterocycles. The summed E-state index contributed by atoms with van der Waals surface area (Å²) in [5.74, 6) is -2.38. The summed E-state index contributed by atoms with van der Waals surface area (Å²) in [5.41, 5.74) is -0.434. The first-order chi connectivity index (χ1) is 6.81. The van der Waals surface area contributed by atoms with Crippen LogP contribution >= 0.6 is 0 Å². The Morgan fingerprint density at radius 1 is 1.27 bits per heavy atom. The molecule has 4 heteroatoms. The maximum absolute atomic E-state index is 12.9. The standard InChI is InChI=1S/C11H12F2O2/c1-11(2,6-10(14)15)7-3-8(12)5-9(13)4-7/h3-5H,6H2,1-2H3,(H,14,15). The van der Waals surface area contributed by atoms with Gasteiger partial charge in [0.15, 0.2) is 0 Å². The minimum Gasteiger partial charge on any atom is -0.481 e. The van der Waals surface area contributed by atoms with E-state index in [4.69, 9.17) is 5.11 Å². The van der Waals surface area contributed by atoms with Crippen LogP contribution in [0.15, 0.2) is 18.2 Å². The number of halogens is 2. The van der Waals surface area contributed by atoms with E-state index in [1.54, 1.807) is 13.8 Å². The molecule has 0 saturated carbocycles. The third-order valence-corrected chi connectivity index (χ3v) is 2.24. The van der Waals surface area contributed by atoms with Gasteiger partial charge in [-0.15, -0.1) is 0 Å². The number of hydrogen-bond donors (Lipinski definition) is 1. The van der Waals surface area contributed by atoms with E-state index in [1.807, 2.05) is 0 Å². The highest BCUT2D eigenvalue weighted by Crippen LogP contribution is 2.28. The number of carbonyl (C=O) groups is 1. The van der Waals surface area contributed by atoms with Gasteiger partial charge in [0.1, 0.15) is 11.6 Å². The van der Waals surface area contributed by atoms with Crippen LogP contribution < -0.4 is 0 Å². The predicted octanol–water partition coefficient (Wildman–Crippen LogP) is 2.72. The number of aliphatic carboxylic acids is 1. The Morgan fingerprint density at radius 3 is 2.13 bits per heavy atom. The molecule has 0 radical (unpaired) electrons. The minimum atomic E-state index is -0.996. The van der Waals surface area contributed by atoms with Crippen LogP contribution in [0, 0.1) is 11.6 Å². The summed E-state index contributed by atoms with van der Waals surface area (Å²) in [6.45, 7) is 3.27.